The van der Waals surface area contributed by atoms with Crippen molar-refractivity contribution in [2.45, 2.75) is 38.7 Å². The minimum atomic E-state index is -0.711. The van der Waals surface area contributed by atoms with Crippen LogP contribution in [0, 0.1) is 6.92 Å². The van der Waals surface area contributed by atoms with Gasteiger partial charge in [0.15, 0.2) is 5.13 Å². The summed E-state index contributed by atoms with van der Waals surface area (Å²) in [6, 6.07) is 0. The molecule has 0 atom stereocenters. The molecule has 1 aliphatic rings. The minimum absolute atomic E-state index is 0. The molecule has 1 aliphatic heterocycles. The second-order valence-corrected chi connectivity index (χ2v) is 5.98. The van der Waals surface area contributed by atoms with E-state index in [4.69, 9.17) is 4.74 Å². The molecule has 2 rings (SSSR count). The van der Waals surface area contributed by atoms with Crippen LogP contribution in [0.4, 0.5) is 5.13 Å². The number of ether oxygens (including phenoxy) is 1. The van der Waals surface area contributed by atoms with Crippen molar-refractivity contribution in [3.63, 3.8) is 0 Å². The van der Waals surface area contributed by atoms with Gasteiger partial charge in [-0.05, 0) is 39.3 Å². The number of anilines is 1. The summed E-state index contributed by atoms with van der Waals surface area (Å²) in [4.78, 5) is 18.0. The Balaban J connectivity index is 0.00000200. The van der Waals surface area contributed by atoms with Gasteiger partial charge in [-0.2, -0.15) is 0 Å². The number of nitrogens with zero attached hydrogens (tertiary/aromatic N) is 1. The van der Waals surface area contributed by atoms with E-state index in [0.717, 1.165) is 30.1 Å². The van der Waals surface area contributed by atoms with Crippen molar-refractivity contribution in [1.82, 2.24) is 10.3 Å². The molecule has 5 nitrogen and oxygen atoms in total. The number of thiazole rings is 1. The van der Waals surface area contributed by atoms with E-state index in [1.807, 2.05) is 6.92 Å². The lowest BCUT2D eigenvalue weighted by atomic mass is 9.91. The normalized spacial score (nSPS) is 17.4. The van der Waals surface area contributed by atoms with Crippen molar-refractivity contribution in [3.8, 4) is 0 Å². The summed E-state index contributed by atoms with van der Waals surface area (Å²) < 4.78 is 5.50. The van der Waals surface area contributed by atoms with E-state index in [1.165, 1.54) is 11.3 Å². The van der Waals surface area contributed by atoms with E-state index in [2.05, 4.69) is 22.5 Å². The predicted molar refractivity (Wildman–Crippen MR) is 84.0 cm³/mol. The van der Waals surface area contributed by atoms with Gasteiger partial charge in [0.25, 0.3) is 5.91 Å². The van der Waals surface area contributed by atoms with Crippen LogP contribution < -0.4 is 10.6 Å². The Morgan fingerprint density at radius 3 is 2.65 bits per heavy atom. The summed E-state index contributed by atoms with van der Waals surface area (Å²) in [7, 11) is 1.61. The fourth-order valence-corrected chi connectivity index (χ4v) is 3.27. The highest BCUT2D eigenvalue weighted by Gasteiger charge is 2.40. The molecule has 0 saturated carbocycles. The number of hydrogen-bond acceptors (Lipinski definition) is 5. The van der Waals surface area contributed by atoms with Crippen LogP contribution in [-0.4, -0.2) is 36.7 Å². The van der Waals surface area contributed by atoms with Crippen molar-refractivity contribution >= 4 is 34.8 Å². The first-order valence-corrected chi connectivity index (χ1v) is 7.46. The van der Waals surface area contributed by atoms with Crippen molar-refractivity contribution in [3.05, 3.63) is 10.6 Å². The highest BCUT2D eigenvalue weighted by atomic mass is 35.5. The van der Waals surface area contributed by atoms with Gasteiger partial charge in [0, 0.05) is 12.0 Å². The molecule has 0 aliphatic carbocycles. The third-order valence-corrected chi connectivity index (χ3v) is 4.59. The first-order chi connectivity index (χ1) is 9.11. The number of rotatable bonds is 4. The molecule has 1 saturated heterocycles. The maximum atomic E-state index is 12.4. The zero-order valence-electron chi connectivity index (χ0n) is 12.1. The topological polar surface area (TPSA) is 63.2 Å². The molecular formula is C13H22ClN3O2S. The Morgan fingerprint density at radius 1 is 1.50 bits per heavy atom. The number of halogens is 1. The second-order valence-electron chi connectivity index (χ2n) is 4.78. The molecule has 0 bridgehead atoms. The SMILES string of the molecule is CCc1nc(NC(=O)C2(OC)CCNCC2)sc1C.Cl. The zero-order valence-corrected chi connectivity index (χ0v) is 13.7. The molecule has 20 heavy (non-hydrogen) atoms. The van der Waals surface area contributed by atoms with Gasteiger partial charge in [-0.25, -0.2) is 4.98 Å². The predicted octanol–water partition coefficient (Wildman–Crippen LogP) is 2.14. The lowest BCUT2D eigenvalue weighted by molar-refractivity contribution is -0.140. The summed E-state index contributed by atoms with van der Waals surface area (Å²) in [5.74, 6) is -0.0760. The fraction of sp³-hybridized carbons (Fsp3) is 0.692. The lowest BCUT2D eigenvalue weighted by Crippen LogP contribution is -2.51. The Labute approximate surface area is 129 Å². The fourth-order valence-electron chi connectivity index (χ4n) is 2.38. The first kappa shape index (κ1) is 17.4. The molecule has 7 heteroatoms. The summed E-state index contributed by atoms with van der Waals surface area (Å²) in [5, 5.41) is 6.83. The van der Waals surface area contributed by atoms with Crippen LogP contribution in [0.5, 0.6) is 0 Å². The number of methoxy groups -OCH3 is 1. The molecule has 0 spiro atoms. The summed E-state index contributed by atoms with van der Waals surface area (Å²) in [6.07, 6.45) is 2.28. The van der Waals surface area contributed by atoms with Crippen LogP contribution in [-0.2, 0) is 16.0 Å². The smallest absolute Gasteiger partial charge is 0.258 e. The van der Waals surface area contributed by atoms with Crippen LogP contribution in [0.15, 0.2) is 0 Å². The van der Waals surface area contributed by atoms with E-state index >= 15 is 0 Å². The summed E-state index contributed by atoms with van der Waals surface area (Å²) in [5.41, 5.74) is 0.342. The van der Waals surface area contributed by atoms with Gasteiger partial charge in [0.1, 0.15) is 5.60 Å². The number of carbonyl (C=O) groups excluding carboxylic acids is 1. The van der Waals surface area contributed by atoms with E-state index in [9.17, 15) is 4.79 Å². The highest BCUT2D eigenvalue weighted by molar-refractivity contribution is 7.15. The van der Waals surface area contributed by atoms with Gasteiger partial charge in [-0.15, -0.1) is 23.7 Å². The largest absolute Gasteiger partial charge is 0.368 e. The summed E-state index contributed by atoms with van der Waals surface area (Å²) in [6.45, 7) is 5.70. The average Bonchev–Trinajstić information content (AvgIpc) is 2.79. The van der Waals surface area contributed by atoms with E-state index in [0.29, 0.717) is 18.0 Å². The Kier molecular flexibility index (Phi) is 6.39. The van der Waals surface area contributed by atoms with Gasteiger partial charge >= 0.3 is 0 Å². The molecule has 1 amide bonds. The van der Waals surface area contributed by atoms with E-state index in [1.54, 1.807) is 7.11 Å². The van der Waals surface area contributed by atoms with Gasteiger partial charge in [-0.1, -0.05) is 6.92 Å². The highest BCUT2D eigenvalue weighted by Crippen LogP contribution is 2.27. The Morgan fingerprint density at radius 2 is 2.15 bits per heavy atom. The lowest BCUT2D eigenvalue weighted by Gasteiger charge is -2.34. The van der Waals surface area contributed by atoms with Crippen LogP contribution in [0.1, 0.15) is 30.3 Å². The third-order valence-electron chi connectivity index (χ3n) is 3.66. The maximum absolute atomic E-state index is 12.4. The molecule has 114 valence electrons. The molecule has 2 N–H and O–H groups in total. The first-order valence-electron chi connectivity index (χ1n) is 6.65. The zero-order chi connectivity index (χ0) is 13.9. The standard InChI is InChI=1S/C13H21N3O2S.ClH/c1-4-10-9(2)19-12(15-10)16-11(17)13(18-3)5-7-14-8-6-13;/h14H,4-8H2,1-3H3,(H,15,16,17);1H. The molecule has 0 aromatic carbocycles. The number of piperidine rings is 1. The van der Waals surface area contributed by atoms with Gasteiger partial charge in [0.2, 0.25) is 0 Å². The number of nitrogens with one attached hydrogen (secondary N) is 2. The number of amides is 1. The minimum Gasteiger partial charge on any atom is -0.368 e. The Hall–Kier alpha value is -0.690. The van der Waals surface area contributed by atoms with Crippen molar-refractivity contribution in [2.24, 2.45) is 0 Å². The van der Waals surface area contributed by atoms with Crippen LogP contribution >= 0.6 is 23.7 Å². The van der Waals surface area contributed by atoms with Crippen LogP contribution in [0.25, 0.3) is 0 Å². The van der Waals surface area contributed by atoms with Gasteiger partial charge in [0.05, 0.1) is 5.69 Å². The molecule has 1 fully saturated rings. The monoisotopic (exact) mass is 319 g/mol. The molecule has 0 radical (unpaired) electrons. The maximum Gasteiger partial charge on any atom is 0.258 e. The molecule has 1 aromatic rings. The molecule has 2 heterocycles. The van der Waals surface area contributed by atoms with E-state index < -0.39 is 5.60 Å². The molecule has 0 unspecified atom stereocenters. The second kappa shape index (κ2) is 7.36. The summed E-state index contributed by atoms with van der Waals surface area (Å²) >= 11 is 1.53. The van der Waals surface area contributed by atoms with E-state index in [-0.39, 0.29) is 18.3 Å². The quantitative estimate of drug-likeness (QED) is 0.892. The average molecular weight is 320 g/mol. The number of hydrogen-bond donors (Lipinski definition) is 2. The van der Waals surface area contributed by atoms with Gasteiger partial charge < -0.3 is 10.1 Å². The van der Waals surface area contributed by atoms with Crippen LogP contribution in [0.3, 0.4) is 0 Å². The number of aryl methyl sites for hydroxylation is 2. The number of aromatic nitrogens is 1. The van der Waals surface area contributed by atoms with Crippen molar-refractivity contribution in [2.75, 3.05) is 25.5 Å². The van der Waals surface area contributed by atoms with Gasteiger partial charge in [-0.3, -0.25) is 10.1 Å². The Bertz CT molecular complexity index is 458. The third kappa shape index (κ3) is 3.49. The van der Waals surface area contributed by atoms with Crippen molar-refractivity contribution in [1.29, 1.82) is 0 Å². The molecule has 1 aromatic heterocycles. The van der Waals surface area contributed by atoms with Crippen LogP contribution in [0.2, 0.25) is 0 Å². The van der Waals surface area contributed by atoms with Crippen molar-refractivity contribution < 1.29 is 9.53 Å². The molecular weight excluding hydrogens is 298 g/mol. The number of carbonyl (C=O) groups is 1.